The Morgan fingerprint density at radius 2 is 1.92 bits per heavy atom. The summed E-state index contributed by atoms with van der Waals surface area (Å²) < 4.78 is 65.6. The average molecular weight is 212 g/mol. The van der Waals surface area contributed by atoms with Crippen molar-refractivity contribution < 1.29 is 36.0 Å². The molecule has 74 valence electrons. The Balaban J connectivity index is 3.99. The molecule has 12 heavy (non-hydrogen) atoms. The second kappa shape index (κ2) is 4.18. The van der Waals surface area contributed by atoms with Gasteiger partial charge in [-0.2, -0.15) is 13.2 Å². The van der Waals surface area contributed by atoms with Gasteiger partial charge in [0.25, 0.3) is 0 Å². The first-order valence-electron chi connectivity index (χ1n) is 2.50. The summed E-state index contributed by atoms with van der Waals surface area (Å²) in [6.07, 6.45) is -4.72. The molecule has 0 aromatic carbocycles. The number of alkyl halides is 3. The molecular formula is C3H5F4O4P. The van der Waals surface area contributed by atoms with E-state index in [1.807, 2.05) is 0 Å². The third kappa shape index (κ3) is 4.66. The van der Waals surface area contributed by atoms with Gasteiger partial charge in [-0.15, -0.1) is 0 Å². The molecular weight excluding hydrogens is 207 g/mol. The van der Waals surface area contributed by atoms with Gasteiger partial charge >= 0.3 is 14.0 Å². The lowest BCUT2D eigenvalue weighted by atomic mass is 10.7. The predicted octanol–water partition coefficient (Wildman–Crippen LogP) is 2.22. The number of halogens is 4. The molecule has 0 rings (SSSR count). The fourth-order valence-corrected chi connectivity index (χ4v) is 0.759. The van der Waals surface area contributed by atoms with Gasteiger partial charge in [0.2, 0.25) is 0 Å². The van der Waals surface area contributed by atoms with Crippen LogP contribution in [0.4, 0.5) is 17.7 Å². The molecule has 0 aliphatic heterocycles. The van der Waals surface area contributed by atoms with Gasteiger partial charge in [-0.05, 0) is 4.53 Å². The van der Waals surface area contributed by atoms with Gasteiger partial charge in [-0.1, -0.05) is 4.73 Å². The van der Waals surface area contributed by atoms with Crippen LogP contribution in [0.1, 0.15) is 0 Å². The molecule has 4 nitrogen and oxygen atoms in total. The summed E-state index contributed by atoms with van der Waals surface area (Å²) >= 11 is 0. The van der Waals surface area contributed by atoms with Crippen molar-refractivity contribution >= 4 is 7.82 Å². The normalized spacial score (nSPS) is 17.4. The number of hydrogen-bond donors (Lipinski definition) is 0. The maximum atomic E-state index is 11.4. The quantitative estimate of drug-likeness (QED) is 0.529. The van der Waals surface area contributed by atoms with E-state index in [0.29, 0.717) is 7.11 Å². The highest BCUT2D eigenvalue weighted by atomic mass is 31.2. The molecule has 0 spiro atoms. The zero-order valence-corrected chi connectivity index (χ0v) is 6.69. The minimum atomic E-state index is -4.72. The third-order valence-corrected chi connectivity index (χ3v) is 1.76. The van der Waals surface area contributed by atoms with Crippen LogP contribution in [0, 0.1) is 0 Å². The van der Waals surface area contributed by atoms with E-state index >= 15 is 0 Å². The lowest BCUT2D eigenvalue weighted by molar-refractivity contribution is -0.164. The lowest BCUT2D eigenvalue weighted by Crippen LogP contribution is -2.16. The highest BCUT2D eigenvalue weighted by Gasteiger charge is 2.35. The molecule has 1 atom stereocenters. The summed E-state index contributed by atoms with van der Waals surface area (Å²) in [5.41, 5.74) is 0. The standard InChI is InChI=1S/C3H5F4O4P/c1-9-12(8,11-7)10-2-3(4,5)6/h2H2,1H3. The van der Waals surface area contributed by atoms with E-state index in [4.69, 9.17) is 0 Å². The molecule has 0 amide bonds. The topological polar surface area (TPSA) is 44.8 Å². The van der Waals surface area contributed by atoms with Crippen molar-refractivity contribution in [3.05, 3.63) is 0 Å². The van der Waals surface area contributed by atoms with E-state index in [0.717, 1.165) is 0 Å². The van der Waals surface area contributed by atoms with Crippen LogP contribution in [-0.4, -0.2) is 19.9 Å². The van der Waals surface area contributed by atoms with Crippen LogP contribution in [0.2, 0.25) is 0 Å². The Kier molecular flexibility index (Phi) is 4.12. The maximum absolute atomic E-state index is 11.4. The minimum Gasteiger partial charge on any atom is -0.289 e. The van der Waals surface area contributed by atoms with E-state index in [2.05, 4.69) is 13.8 Å². The first kappa shape index (κ1) is 11.8. The van der Waals surface area contributed by atoms with E-state index < -0.39 is 20.6 Å². The van der Waals surface area contributed by atoms with Crippen LogP contribution >= 0.6 is 7.82 Å². The molecule has 1 unspecified atom stereocenters. The van der Waals surface area contributed by atoms with Crippen LogP contribution in [0.5, 0.6) is 0 Å². The van der Waals surface area contributed by atoms with Crippen LogP contribution in [-0.2, 0) is 18.3 Å². The zero-order chi connectivity index (χ0) is 9.83. The van der Waals surface area contributed by atoms with E-state index in [1.165, 1.54) is 0 Å². The van der Waals surface area contributed by atoms with Gasteiger partial charge in [0.05, 0.1) is 0 Å². The monoisotopic (exact) mass is 212 g/mol. The number of hydrogen-bond acceptors (Lipinski definition) is 4. The summed E-state index contributed by atoms with van der Waals surface area (Å²) in [5, 5.41) is 0. The van der Waals surface area contributed by atoms with Crippen LogP contribution in [0.3, 0.4) is 0 Å². The van der Waals surface area contributed by atoms with Gasteiger partial charge in [0.15, 0.2) is 6.61 Å². The minimum absolute atomic E-state index is 0.691. The maximum Gasteiger partial charge on any atom is 0.506 e. The van der Waals surface area contributed by atoms with Crippen molar-refractivity contribution in [2.45, 2.75) is 6.18 Å². The molecule has 0 N–H and O–H groups in total. The highest BCUT2D eigenvalue weighted by Crippen LogP contribution is 2.49. The molecule has 9 heteroatoms. The van der Waals surface area contributed by atoms with Crippen molar-refractivity contribution in [1.29, 1.82) is 0 Å². The number of rotatable bonds is 4. The molecule has 0 aromatic rings. The molecule has 0 aliphatic rings. The summed E-state index contributed by atoms with van der Waals surface area (Å²) in [6.45, 7) is -1.90. The van der Waals surface area contributed by atoms with E-state index in [-0.39, 0.29) is 0 Å². The van der Waals surface area contributed by atoms with Crippen molar-refractivity contribution in [2.24, 2.45) is 0 Å². The molecule has 0 radical (unpaired) electrons. The zero-order valence-electron chi connectivity index (χ0n) is 5.80. The Hall–Kier alpha value is -0.170. The molecule has 0 aliphatic carbocycles. The fourth-order valence-electron chi connectivity index (χ4n) is 0.253. The van der Waals surface area contributed by atoms with Crippen molar-refractivity contribution in [2.75, 3.05) is 13.7 Å². The number of phosphoric ester groups is 1. The Bertz CT molecular complexity index is 172. The Morgan fingerprint density at radius 1 is 1.42 bits per heavy atom. The van der Waals surface area contributed by atoms with Gasteiger partial charge in [-0.25, -0.2) is 4.57 Å². The highest BCUT2D eigenvalue weighted by molar-refractivity contribution is 7.48. The van der Waals surface area contributed by atoms with Crippen molar-refractivity contribution in [3.63, 3.8) is 0 Å². The Morgan fingerprint density at radius 3 is 2.17 bits per heavy atom. The molecule has 0 fully saturated rings. The lowest BCUT2D eigenvalue weighted by Gasteiger charge is -2.11. The number of phosphoric acid groups is 1. The molecule has 0 heterocycles. The van der Waals surface area contributed by atoms with Crippen LogP contribution < -0.4 is 0 Å². The van der Waals surface area contributed by atoms with Gasteiger partial charge in [0.1, 0.15) is 0 Å². The molecule has 0 saturated heterocycles. The van der Waals surface area contributed by atoms with Gasteiger partial charge in [-0.3, -0.25) is 9.05 Å². The van der Waals surface area contributed by atoms with E-state index in [1.54, 1.807) is 0 Å². The van der Waals surface area contributed by atoms with Gasteiger partial charge in [0, 0.05) is 7.11 Å². The summed E-state index contributed by atoms with van der Waals surface area (Å²) in [6, 6.07) is 0. The van der Waals surface area contributed by atoms with Crippen LogP contribution in [0.15, 0.2) is 0 Å². The summed E-state index contributed by atoms with van der Waals surface area (Å²) in [7, 11) is -3.97. The predicted molar refractivity (Wildman–Crippen MR) is 28.8 cm³/mol. The first-order chi connectivity index (χ1) is 5.33. The van der Waals surface area contributed by atoms with E-state index in [9.17, 15) is 22.3 Å². The average Bonchev–Trinajstić information content (AvgIpc) is 1.99. The second-order valence-electron chi connectivity index (χ2n) is 1.59. The molecule has 0 aromatic heterocycles. The van der Waals surface area contributed by atoms with Gasteiger partial charge < -0.3 is 0 Å². The third-order valence-electron chi connectivity index (χ3n) is 0.694. The smallest absolute Gasteiger partial charge is 0.289 e. The second-order valence-corrected chi connectivity index (χ2v) is 3.24. The molecule has 0 saturated carbocycles. The first-order valence-corrected chi connectivity index (χ1v) is 3.96. The summed E-state index contributed by atoms with van der Waals surface area (Å²) in [4.78, 5) is 0. The SMILES string of the molecule is COP(=O)(OF)OCC(F)(F)F. The fraction of sp³-hybridized carbons (Fsp3) is 1.00. The van der Waals surface area contributed by atoms with Crippen molar-refractivity contribution in [1.82, 2.24) is 0 Å². The van der Waals surface area contributed by atoms with Crippen LogP contribution in [0.25, 0.3) is 0 Å². The largest absolute Gasteiger partial charge is 0.506 e. The molecule has 0 bridgehead atoms. The Labute approximate surface area is 64.9 Å². The van der Waals surface area contributed by atoms with Crippen molar-refractivity contribution in [3.8, 4) is 0 Å². The summed E-state index contributed by atoms with van der Waals surface area (Å²) in [5.74, 6) is 0.